The molecule has 1 N–H and O–H groups in total. The molecule has 0 unspecified atom stereocenters. The minimum Gasteiger partial charge on any atom is -0.322 e. The van der Waals surface area contributed by atoms with Crippen LogP contribution in [0.4, 0.5) is 0 Å². The number of hydrogen-bond acceptors (Lipinski definition) is 2. The number of nitrogens with one attached hydrogen (secondary N) is 1. The highest BCUT2D eigenvalue weighted by molar-refractivity contribution is 8.02. The number of allylic oxidation sites excluding steroid dienone is 7. The summed E-state index contributed by atoms with van der Waals surface area (Å²) in [6.07, 6.45) is 12.8. The number of amides is 1. The third kappa shape index (κ3) is 3.14. The molecule has 1 amide bonds. The second kappa shape index (κ2) is 6.87. The van der Waals surface area contributed by atoms with Gasteiger partial charge in [-0.1, -0.05) is 37.5 Å². The van der Waals surface area contributed by atoms with Crippen molar-refractivity contribution >= 4 is 17.7 Å². The van der Waals surface area contributed by atoms with E-state index in [1.54, 1.807) is 23.9 Å². The molecule has 0 aliphatic carbocycles. The van der Waals surface area contributed by atoms with E-state index >= 15 is 0 Å². The summed E-state index contributed by atoms with van der Waals surface area (Å²) in [7, 11) is 0. The molecule has 1 aliphatic heterocycles. The van der Waals surface area contributed by atoms with Crippen molar-refractivity contribution in [2.24, 2.45) is 0 Å². The van der Waals surface area contributed by atoms with Gasteiger partial charge in [-0.15, -0.1) is 11.8 Å². The van der Waals surface area contributed by atoms with Gasteiger partial charge in [-0.2, -0.15) is 0 Å². The summed E-state index contributed by atoms with van der Waals surface area (Å²) in [6, 6.07) is 0. The summed E-state index contributed by atoms with van der Waals surface area (Å²) in [6.45, 7) is 9.24. The Hall–Kier alpha value is -1.74. The number of thioether (sulfide) groups is 1. The first-order valence-corrected chi connectivity index (χ1v) is 6.80. The Kier molecular flexibility index (Phi) is 5.46. The first-order chi connectivity index (χ1) is 8.67. The zero-order chi connectivity index (χ0) is 13.5. The third-order valence-corrected chi connectivity index (χ3v) is 3.18. The van der Waals surface area contributed by atoms with Crippen LogP contribution in [0.15, 0.2) is 71.4 Å². The van der Waals surface area contributed by atoms with E-state index in [0.29, 0.717) is 5.57 Å². The van der Waals surface area contributed by atoms with E-state index in [1.807, 2.05) is 37.5 Å². The van der Waals surface area contributed by atoms with Crippen LogP contribution in [0.5, 0.6) is 0 Å². The SMILES string of the molecule is C=C/C=C(/C=C1\C(=O)NC(=C\C)\C1=C/C=C)SC. The van der Waals surface area contributed by atoms with Crippen LogP contribution in [0.1, 0.15) is 6.92 Å². The Bertz CT molecular complexity index is 493. The summed E-state index contributed by atoms with van der Waals surface area (Å²) in [5.74, 6) is -0.0831. The first-order valence-electron chi connectivity index (χ1n) is 5.57. The molecule has 1 fully saturated rings. The van der Waals surface area contributed by atoms with Crippen molar-refractivity contribution in [3.8, 4) is 0 Å². The van der Waals surface area contributed by atoms with Crippen molar-refractivity contribution in [1.29, 1.82) is 0 Å². The minimum absolute atomic E-state index is 0.0831. The van der Waals surface area contributed by atoms with Crippen LogP contribution in [0.25, 0.3) is 0 Å². The van der Waals surface area contributed by atoms with Gasteiger partial charge in [0, 0.05) is 16.2 Å². The first kappa shape index (κ1) is 14.3. The van der Waals surface area contributed by atoms with Crippen molar-refractivity contribution in [3.63, 3.8) is 0 Å². The van der Waals surface area contributed by atoms with E-state index in [9.17, 15) is 4.79 Å². The molecular weight excluding hydrogens is 242 g/mol. The van der Waals surface area contributed by atoms with Crippen LogP contribution in [0.3, 0.4) is 0 Å². The van der Waals surface area contributed by atoms with E-state index in [1.165, 1.54) is 0 Å². The maximum atomic E-state index is 11.9. The molecule has 0 bridgehead atoms. The van der Waals surface area contributed by atoms with Crippen molar-refractivity contribution < 1.29 is 4.79 Å². The largest absolute Gasteiger partial charge is 0.322 e. The molecule has 1 heterocycles. The Morgan fingerprint density at radius 1 is 1.28 bits per heavy atom. The van der Waals surface area contributed by atoms with E-state index in [4.69, 9.17) is 0 Å². The van der Waals surface area contributed by atoms with Gasteiger partial charge >= 0.3 is 0 Å². The normalized spacial score (nSPS) is 22.7. The van der Waals surface area contributed by atoms with E-state index in [2.05, 4.69) is 18.5 Å². The molecule has 0 spiro atoms. The Morgan fingerprint density at radius 3 is 2.50 bits per heavy atom. The lowest BCUT2D eigenvalue weighted by molar-refractivity contribution is -0.115. The lowest BCUT2D eigenvalue weighted by Gasteiger charge is -2.00. The summed E-state index contributed by atoms with van der Waals surface area (Å²) >= 11 is 1.57. The van der Waals surface area contributed by atoms with Gasteiger partial charge in [0.1, 0.15) is 0 Å². The zero-order valence-electron chi connectivity index (χ0n) is 10.7. The Labute approximate surface area is 113 Å². The van der Waals surface area contributed by atoms with Crippen LogP contribution in [-0.4, -0.2) is 12.2 Å². The van der Waals surface area contributed by atoms with Gasteiger partial charge in [-0.3, -0.25) is 4.79 Å². The molecule has 1 aliphatic rings. The number of rotatable bonds is 4. The van der Waals surface area contributed by atoms with E-state index in [0.717, 1.165) is 16.2 Å². The summed E-state index contributed by atoms with van der Waals surface area (Å²) in [5, 5.41) is 2.84. The smallest absolute Gasteiger partial charge is 0.256 e. The second-order valence-corrected chi connectivity index (χ2v) is 4.42. The average molecular weight is 259 g/mol. The van der Waals surface area contributed by atoms with Crippen LogP contribution < -0.4 is 5.32 Å². The van der Waals surface area contributed by atoms with Crippen LogP contribution in [-0.2, 0) is 4.79 Å². The lowest BCUT2D eigenvalue weighted by atomic mass is 10.1. The predicted molar refractivity (Wildman–Crippen MR) is 80.1 cm³/mol. The molecule has 0 radical (unpaired) electrons. The van der Waals surface area contributed by atoms with Gasteiger partial charge in [-0.25, -0.2) is 0 Å². The maximum Gasteiger partial charge on any atom is 0.256 e. The highest BCUT2D eigenvalue weighted by Crippen LogP contribution is 2.28. The van der Waals surface area contributed by atoms with Crippen molar-refractivity contribution in [2.75, 3.05) is 6.26 Å². The van der Waals surface area contributed by atoms with Crippen molar-refractivity contribution in [1.82, 2.24) is 5.32 Å². The van der Waals surface area contributed by atoms with Gasteiger partial charge in [-0.05, 0) is 25.3 Å². The van der Waals surface area contributed by atoms with Crippen molar-refractivity contribution in [3.05, 3.63) is 71.4 Å². The highest BCUT2D eigenvalue weighted by Gasteiger charge is 2.26. The van der Waals surface area contributed by atoms with Crippen LogP contribution in [0.2, 0.25) is 0 Å². The molecule has 1 rings (SSSR count). The molecule has 0 saturated carbocycles. The van der Waals surface area contributed by atoms with Gasteiger partial charge < -0.3 is 5.32 Å². The van der Waals surface area contributed by atoms with Crippen LogP contribution in [0, 0.1) is 0 Å². The number of hydrogen-bond donors (Lipinski definition) is 1. The molecule has 94 valence electrons. The molecule has 0 aromatic carbocycles. The van der Waals surface area contributed by atoms with Crippen LogP contribution >= 0.6 is 11.8 Å². The number of carbonyl (C=O) groups is 1. The fourth-order valence-corrected chi connectivity index (χ4v) is 2.09. The third-order valence-electron chi connectivity index (χ3n) is 2.45. The van der Waals surface area contributed by atoms with E-state index < -0.39 is 0 Å². The second-order valence-electron chi connectivity index (χ2n) is 3.54. The van der Waals surface area contributed by atoms with Gasteiger partial charge in [0.2, 0.25) is 0 Å². The monoisotopic (exact) mass is 259 g/mol. The fraction of sp³-hybridized carbons (Fsp3) is 0.133. The van der Waals surface area contributed by atoms with Crippen molar-refractivity contribution in [2.45, 2.75) is 6.92 Å². The molecule has 18 heavy (non-hydrogen) atoms. The minimum atomic E-state index is -0.0831. The van der Waals surface area contributed by atoms with Gasteiger partial charge in [0.15, 0.2) is 0 Å². The molecule has 0 atom stereocenters. The highest BCUT2D eigenvalue weighted by atomic mass is 32.2. The predicted octanol–water partition coefficient (Wildman–Crippen LogP) is 3.49. The molecule has 0 aromatic rings. The standard InChI is InChI=1S/C15H17NOS/c1-5-8-11(18-4)10-13-12(9-6-2)14(7-3)16-15(13)17/h5-10H,1-2H2,3-4H3,(H,16,17)/b11-8-,12-9-,13-10-,14-7+. The topological polar surface area (TPSA) is 29.1 Å². The summed E-state index contributed by atoms with van der Waals surface area (Å²) in [5.41, 5.74) is 2.36. The Morgan fingerprint density at radius 2 is 2.00 bits per heavy atom. The summed E-state index contributed by atoms with van der Waals surface area (Å²) in [4.78, 5) is 12.9. The van der Waals surface area contributed by atoms with E-state index in [-0.39, 0.29) is 5.91 Å². The van der Waals surface area contributed by atoms with Gasteiger partial charge in [0.25, 0.3) is 5.91 Å². The molecule has 1 saturated heterocycles. The molecular formula is C15H17NOS. The van der Waals surface area contributed by atoms with Gasteiger partial charge in [0.05, 0.1) is 5.57 Å². The fourth-order valence-electron chi connectivity index (χ4n) is 1.63. The lowest BCUT2D eigenvalue weighted by Crippen LogP contribution is -2.13. The average Bonchev–Trinajstić information content (AvgIpc) is 2.66. The maximum absolute atomic E-state index is 11.9. The Balaban J connectivity index is 3.28. The molecule has 0 aromatic heterocycles. The molecule has 2 nitrogen and oxygen atoms in total. The number of carbonyl (C=O) groups excluding carboxylic acids is 1. The zero-order valence-corrected chi connectivity index (χ0v) is 11.5. The quantitative estimate of drug-likeness (QED) is 0.618. The summed E-state index contributed by atoms with van der Waals surface area (Å²) < 4.78 is 0. The molecule has 3 heteroatoms.